The summed E-state index contributed by atoms with van der Waals surface area (Å²) in [6.07, 6.45) is 1.64. The van der Waals surface area contributed by atoms with Gasteiger partial charge in [-0.05, 0) is 49.8 Å². The lowest BCUT2D eigenvalue weighted by molar-refractivity contribution is 0.376. The smallest absolute Gasteiger partial charge is 0.243 e. The average Bonchev–Trinajstić information content (AvgIpc) is 3.13. The minimum Gasteiger partial charge on any atom is -0.361 e. The summed E-state index contributed by atoms with van der Waals surface area (Å²) in [5.41, 5.74) is 2.80. The number of aromatic nitrogens is 1. The topological polar surface area (TPSA) is 63.4 Å². The van der Waals surface area contributed by atoms with Gasteiger partial charge in [-0.15, -0.1) is 0 Å². The van der Waals surface area contributed by atoms with E-state index in [1.165, 1.54) is 0 Å². The van der Waals surface area contributed by atoms with Crippen LogP contribution in [0.25, 0.3) is 0 Å². The molecule has 5 nitrogen and oxygen atoms in total. The van der Waals surface area contributed by atoms with Crippen molar-refractivity contribution in [3.63, 3.8) is 0 Å². The molecule has 0 saturated carbocycles. The second-order valence-corrected chi connectivity index (χ2v) is 9.68. The Labute approximate surface area is 150 Å². The van der Waals surface area contributed by atoms with Gasteiger partial charge in [-0.3, -0.25) is 0 Å². The van der Waals surface area contributed by atoms with Gasteiger partial charge >= 0.3 is 0 Å². The normalized spacial score (nSPS) is 19.5. The molecule has 3 rings (SSSR count). The highest BCUT2D eigenvalue weighted by molar-refractivity contribution is 7.89. The quantitative estimate of drug-likeness (QED) is 0.824. The van der Waals surface area contributed by atoms with Crippen LogP contribution in [0.4, 0.5) is 0 Å². The third-order valence-electron chi connectivity index (χ3n) is 4.95. The van der Waals surface area contributed by atoms with Crippen molar-refractivity contribution in [1.82, 2.24) is 9.46 Å². The van der Waals surface area contributed by atoms with Gasteiger partial charge in [0.15, 0.2) is 0 Å². The molecule has 0 aliphatic carbocycles. The molecule has 0 unspecified atom stereocenters. The highest BCUT2D eigenvalue weighted by Crippen LogP contribution is 2.39. The van der Waals surface area contributed by atoms with Gasteiger partial charge in [0, 0.05) is 12.1 Å². The van der Waals surface area contributed by atoms with E-state index in [9.17, 15) is 8.42 Å². The van der Waals surface area contributed by atoms with E-state index >= 15 is 0 Å². The molecule has 1 atom stereocenters. The van der Waals surface area contributed by atoms with Crippen molar-refractivity contribution in [2.24, 2.45) is 0 Å². The van der Waals surface area contributed by atoms with Gasteiger partial charge in [-0.1, -0.05) is 38.1 Å². The molecule has 0 N–H and O–H groups in total. The van der Waals surface area contributed by atoms with Gasteiger partial charge < -0.3 is 4.52 Å². The Morgan fingerprint density at radius 2 is 1.80 bits per heavy atom. The summed E-state index contributed by atoms with van der Waals surface area (Å²) in [4.78, 5) is 0.346. The van der Waals surface area contributed by atoms with Gasteiger partial charge in [0.25, 0.3) is 0 Å². The van der Waals surface area contributed by atoms with Crippen molar-refractivity contribution < 1.29 is 12.9 Å². The first-order chi connectivity index (χ1) is 11.6. The van der Waals surface area contributed by atoms with E-state index in [0.717, 1.165) is 29.7 Å². The molecule has 1 fully saturated rings. The summed E-state index contributed by atoms with van der Waals surface area (Å²) < 4.78 is 33.3. The fourth-order valence-corrected chi connectivity index (χ4v) is 5.21. The maximum atomic E-state index is 13.2. The van der Waals surface area contributed by atoms with Crippen LogP contribution in [0.1, 0.15) is 62.2 Å². The van der Waals surface area contributed by atoms with Crippen molar-refractivity contribution in [2.75, 3.05) is 6.54 Å². The molecular weight excluding hydrogens is 336 g/mol. The Balaban J connectivity index is 1.96. The van der Waals surface area contributed by atoms with Crippen LogP contribution in [-0.4, -0.2) is 24.4 Å². The molecular formula is C19H26N2O3S. The number of benzene rings is 1. The first-order valence-corrected chi connectivity index (χ1v) is 10.1. The minimum atomic E-state index is -3.55. The second kappa shape index (κ2) is 6.25. The van der Waals surface area contributed by atoms with E-state index in [1.807, 2.05) is 26.0 Å². The molecule has 1 saturated heterocycles. The maximum absolute atomic E-state index is 13.2. The molecule has 2 heterocycles. The lowest BCUT2D eigenvalue weighted by Gasteiger charge is -2.25. The van der Waals surface area contributed by atoms with E-state index in [0.29, 0.717) is 17.2 Å². The lowest BCUT2D eigenvalue weighted by Crippen LogP contribution is -2.31. The third-order valence-corrected chi connectivity index (χ3v) is 6.87. The van der Waals surface area contributed by atoms with Crippen molar-refractivity contribution in [1.29, 1.82) is 0 Å². The van der Waals surface area contributed by atoms with Crippen LogP contribution in [0.15, 0.2) is 33.7 Å². The van der Waals surface area contributed by atoms with E-state index in [-0.39, 0.29) is 11.5 Å². The van der Waals surface area contributed by atoms with Crippen molar-refractivity contribution >= 4 is 10.0 Å². The van der Waals surface area contributed by atoms with Crippen molar-refractivity contribution in [2.45, 2.75) is 63.8 Å². The summed E-state index contributed by atoms with van der Waals surface area (Å²) >= 11 is 0. The number of hydrogen-bond acceptors (Lipinski definition) is 4. The zero-order chi connectivity index (χ0) is 18.4. The number of nitrogens with zero attached hydrogens (tertiary/aromatic N) is 2. The SMILES string of the molecule is Cc1noc(C)c1[C@@H]1CCCN1S(=O)(=O)c1ccc(C(C)(C)C)cc1. The van der Waals surface area contributed by atoms with Gasteiger partial charge in [0.2, 0.25) is 10.0 Å². The number of sulfonamides is 1. The molecule has 1 aromatic carbocycles. The first-order valence-electron chi connectivity index (χ1n) is 8.67. The predicted octanol–water partition coefficient (Wildman–Crippen LogP) is 4.11. The van der Waals surface area contributed by atoms with Gasteiger partial charge in [0.1, 0.15) is 5.76 Å². The predicted molar refractivity (Wildman–Crippen MR) is 97.0 cm³/mol. The number of aryl methyl sites for hydroxylation is 2. The Morgan fingerprint density at radius 3 is 2.32 bits per heavy atom. The van der Waals surface area contributed by atoms with Crippen LogP contribution in [-0.2, 0) is 15.4 Å². The second-order valence-electron chi connectivity index (χ2n) is 7.79. The molecule has 0 spiro atoms. The highest BCUT2D eigenvalue weighted by Gasteiger charge is 2.38. The van der Waals surface area contributed by atoms with Gasteiger partial charge in [0.05, 0.1) is 16.6 Å². The van der Waals surface area contributed by atoms with Crippen LogP contribution in [0.5, 0.6) is 0 Å². The molecule has 1 aliphatic heterocycles. The molecule has 136 valence electrons. The standard InChI is InChI=1S/C19H26N2O3S/c1-13-18(14(2)24-20-13)17-7-6-12-21(17)25(22,23)16-10-8-15(9-11-16)19(3,4)5/h8-11,17H,6-7,12H2,1-5H3/t17-/m0/s1. The largest absolute Gasteiger partial charge is 0.361 e. The molecule has 0 amide bonds. The Morgan fingerprint density at radius 1 is 1.16 bits per heavy atom. The number of hydrogen-bond donors (Lipinski definition) is 0. The summed E-state index contributed by atoms with van der Waals surface area (Å²) in [6.45, 7) is 10.6. The lowest BCUT2D eigenvalue weighted by atomic mass is 9.87. The third kappa shape index (κ3) is 3.25. The average molecular weight is 362 g/mol. The molecule has 0 bridgehead atoms. The van der Waals surface area contributed by atoms with Crippen molar-refractivity contribution in [3.05, 3.63) is 46.8 Å². The van der Waals surface area contributed by atoms with Gasteiger partial charge in [-0.2, -0.15) is 4.31 Å². The van der Waals surface area contributed by atoms with Crippen LogP contribution in [0.2, 0.25) is 0 Å². The van der Waals surface area contributed by atoms with Crippen LogP contribution >= 0.6 is 0 Å². The van der Waals surface area contributed by atoms with E-state index in [4.69, 9.17) is 4.52 Å². The molecule has 1 aromatic heterocycles. The zero-order valence-electron chi connectivity index (χ0n) is 15.5. The summed E-state index contributed by atoms with van der Waals surface area (Å²) in [7, 11) is -3.55. The Hall–Kier alpha value is -1.66. The summed E-state index contributed by atoms with van der Waals surface area (Å²) in [5.74, 6) is 0.702. The molecule has 6 heteroatoms. The first kappa shape index (κ1) is 18.1. The summed E-state index contributed by atoms with van der Waals surface area (Å²) in [6, 6.07) is 7.07. The number of rotatable bonds is 3. The Kier molecular flexibility index (Phi) is 4.54. The fourth-order valence-electron chi connectivity index (χ4n) is 3.54. The van der Waals surface area contributed by atoms with E-state index < -0.39 is 10.0 Å². The molecule has 25 heavy (non-hydrogen) atoms. The summed E-state index contributed by atoms with van der Waals surface area (Å²) in [5, 5.41) is 3.99. The molecule has 0 radical (unpaired) electrons. The highest BCUT2D eigenvalue weighted by atomic mass is 32.2. The van der Waals surface area contributed by atoms with E-state index in [2.05, 4.69) is 25.9 Å². The Bertz CT molecular complexity index is 842. The molecule has 1 aliphatic rings. The minimum absolute atomic E-state index is 0.00480. The van der Waals surface area contributed by atoms with Gasteiger partial charge in [-0.25, -0.2) is 8.42 Å². The van der Waals surface area contributed by atoms with Crippen molar-refractivity contribution in [3.8, 4) is 0 Å². The molecule has 2 aromatic rings. The monoisotopic (exact) mass is 362 g/mol. The van der Waals surface area contributed by atoms with Crippen LogP contribution in [0, 0.1) is 13.8 Å². The van der Waals surface area contributed by atoms with E-state index in [1.54, 1.807) is 16.4 Å². The fraction of sp³-hybridized carbons (Fsp3) is 0.526. The van der Waals surface area contributed by atoms with Crippen LogP contribution < -0.4 is 0 Å². The van der Waals surface area contributed by atoms with Crippen LogP contribution in [0.3, 0.4) is 0 Å². The zero-order valence-corrected chi connectivity index (χ0v) is 16.4. The maximum Gasteiger partial charge on any atom is 0.243 e.